The molecular formula is C25H22ClF3N2O4S. The van der Waals surface area contributed by atoms with Crippen molar-refractivity contribution >= 4 is 46.6 Å². The first-order chi connectivity index (χ1) is 17.0. The van der Waals surface area contributed by atoms with Gasteiger partial charge in [0, 0.05) is 15.6 Å². The predicted molar refractivity (Wildman–Crippen MR) is 134 cm³/mol. The molecule has 0 radical (unpaired) electrons. The monoisotopic (exact) mass is 538 g/mol. The zero-order valence-corrected chi connectivity index (χ0v) is 21.0. The number of nitrogens with one attached hydrogen (secondary N) is 2. The van der Waals surface area contributed by atoms with Crippen molar-refractivity contribution in [3.05, 3.63) is 76.8 Å². The summed E-state index contributed by atoms with van der Waals surface area (Å²) in [5.41, 5.74) is -0.743. The standard InChI is InChI=1S/C25H22ClF3N2O4S/c1-14(23(32)31-19-11-10-15(26)12-18(19)25(27,28)29)36-17-7-4-6-16(13-17)30-24(33)22-20(34-2)8-5-9-21(22)35-3/h4-14H,1-3H3,(H,30,33)(H,31,32). The molecule has 2 amide bonds. The van der Waals surface area contributed by atoms with Gasteiger partial charge in [-0.1, -0.05) is 23.7 Å². The summed E-state index contributed by atoms with van der Waals surface area (Å²) in [5.74, 6) is -0.410. The van der Waals surface area contributed by atoms with Gasteiger partial charge in [0.15, 0.2) is 0 Å². The average Bonchev–Trinajstić information content (AvgIpc) is 2.83. The molecule has 1 atom stereocenters. The number of carbonyl (C=O) groups is 2. The van der Waals surface area contributed by atoms with E-state index in [4.69, 9.17) is 21.1 Å². The third-order valence-electron chi connectivity index (χ3n) is 4.97. The Morgan fingerprint density at radius 2 is 1.58 bits per heavy atom. The van der Waals surface area contributed by atoms with Crippen LogP contribution in [-0.4, -0.2) is 31.3 Å². The van der Waals surface area contributed by atoms with Gasteiger partial charge in [0.2, 0.25) is 5.91 Å². The molecule has 3 rings (SSSR count). The second-order valence-electron chi connectivity index (χ2n) is 7.46. The van der Waals surface area contributed by atoms with E-state index in [-0.39, 0.29) is 16.3 Å². The molecule has 3 aromatic carbocycles. The van der Waals surface area contributed by atoms with Crippen LogP contribution < -0.4 is 20.1 Å². The Kier molecular flexibility index (Phi) is 8.75. The minimum absolute atomic E-state index is 0.0904. The molecular weight excluding hydrogens is 517 g/mol. The largest absolute Gasteiger partial charge is 0.496 e. The van der Waals surface area contributed by atoms with Gasteiger partial charge in [-0.15, -0.1) is 11.8 Å². The number of carbonyl (C=O) groups excluding carboxylic acids is 2. The highest BCUT2D eigenvalue weighted by molar-refractivity contribution is 8.00. The summed E-state index contributed by atoms with van der Waals surface area (Å²) in [4.78, 5) is 26.2. The summed E-state index contributed by atoms with van der Waals surface area (Å²) in [6.07, 6.45) is -4.68. The summed E-state index contributed by atoms with van der Waals surface area (Å²) in [6.45, 7) is 1.56. The van der Waals surface area contributed by atoms with E-state index < -0.39 is 28.8 Å². The van der Waals surface area contributed by atoms with Crippen LogP contribution in [0, 0.1) is 0 Å². The molecule has 3 aromatic rings. The van der Waals surface area contributed by atoms with Gasteiger partial charge in [-0.05, 0) is 55.5 Å². The Bertz CT molecular complexity index is 1250. The lowest BCUT2D eigenvalue weighted by Crippen LogP contribution is -2.24. The smallest absolute Gasteiger partial charge is 0.418 e. The number of hydrogen-bond donors (Lipinski definition) is 2. The van der Waals surface area contributed by atoms with Crippen LogP contribution in [0.25, 0.3) is 0 Å². The molecule has 190 valence electrons. The number of ether oxygens (including phenoxy) is 2. The van der Waals surface area contributed by atoms with Gasteiger partial charge < -0.3 is 20.1 Å². The molecule has 1 unspecified atom stereocenters. The zero-order chi connectivity index (χ0) is 26.5. The highest BCUT2D eigenvalue weighted by atomic mass is 35.5. The molecule has 6 nitrogen and oxygen atoms in total. The number of hydrogen-bond acceptors (Lipinski definition) is 5. The van der Waals surface area contributed by atoms with Crippen molar-refractivity contribution in [1.82, 2.24) is 0 Å². The fourth-order valence-electron chi connectivity index (χ4n) is 3.27. The number of benzene rings is 3. The summed E-state index contributed by atoms with van der Waals surface area (Å²) < 4.78 is 50.5. The SMILES string of the molecule is COc1cccc(OC)c1C(=O)Nc1cccc(SC(C)C(=O)Nc2ccc(Cl)cc2C(F)(F)F)c1. The maximum atomic E-state index is 13.3. The van der Waals surface area contributed by atoms with E-state index in [1.807, 2.05) is 0 Å². The van der Waals surface area contributed by atoms with Crippen molar-refractivity contribution in [3.63, 3.8) is 0 Å². The van der Waals surface area contributed by atoms with E-state index in [9.17, 15) is 22.8 Å². The van der Waals surface area contributed by atoms with E-state index in [0.717, 1.165) is 23.9 Å². The van der Waals surface area contributed by atoms with Gasteiger partial charge in [0.25, 0.3) is 5.91 Å². The number of alkyl halides is 3. The maximum Gasteiger partial charge on any atom is 0.418 e. The molecule has 0 aliphatic rings. The molecule has 0 heterocycles. The lowest BCUT2D eigenvalue weighted by atomic mass is 10.1. The van der Waals surface area contributed by atoms with Gasteiger partial charge in [-0.2, -0.15) is 13.2 Å². The number of thioether (sulfide) groups is 1. The van der Waals surface area contributed by atoms with Crippen molar-refractivity contribution in [3.8, 4) is 11.5 Å². The van der Waals surface area contributed by atoms with E-state index in [1.54, 1.807) is 49.4 Å². The van der Waals surface area contributed by atoms with E-state index in [0.29, 0.717) is 22.1 Å². The first-order valence-electron chi connectivity index (χ1n) is 10.5. The first-order valence-corrected chi connectivity index (χ1v) is 11.8. The minimum atomic E-state index is -4.68. The second-order valence-corrected chi connectivity index (χ2v) is 9.31. The third-order valence-corrected chi connectivity index (χ3v) is 6.30. The van der Waals surface area contributed by atoms with Crippen LogP contribution in [0.3, 0.4) is 0 Å². The molecule has 0 spiro atoms. The molecule has 2 N–H and O–H groups in total. The van der Waals surface area contributed by atoms with Crippen LogP contribution in [-0.2, 0) is 11.0 Å². The molecule has 0 saturated carbocycles. The van der Waals surface area contributed by atoms with E-state index in [1.165, 1.54) is 20.3 Å². The minimum Gasteiger partial charge on any atom is -0.496 e. The van der Waals surface area contributed by atoms with Crippen LogP contribution >= 0.6 is 23.4 Å². The summed E-state index contributed by atoms with van der Waals surface area (Å²) in [5, 5.41) is 4.25. The fourth-order valence-corrected chi connectivity index (χ4v) is 4.37. The van der Waals surface area contributed by atoms with Gasteiger partial charge in [-0.3, -0.25) is 9.59 Å². The number of halogens is 4. The van der Waals surface area contributed by atoms with Crippen LogP contribution in [0.2, 0.25) is 5.02 Å². The van der Waals surface area contributed by atoms with Crippen LogP contribution in [0.1, 0.15) is 22.8 Å². The van der Waals surface area contributed by atoms with Crippen LogP contribution in [0.5, 0.6) is 11.5 Å². The molecule has 0 fully saturated rings. The molecule has 0 aromatic heterocycles. The quantitative estimate of drug-likeness (QED) is 0.310. The van der Waals surface area contributed by atoms with Crippen molar-refractivity contribution in [2.45, 2.75) is 23.2 Å². The summed E-state index contributed by atoms with van der Waals surface area (Å²) >= 11 is 6.81. The van der Waals surface area contributed by atoms with E-state index >= 15 is 0 Å². The second kappa shape index (κ2) is 11.6. The zero-order valence-electron chi connectivity index (χ0n) is 19.4. The number of rotatable bonds is 8. The van der Waals surface area contributed by atoms with Gasteiger partial charge >= 0.3 is 6.18 Å². The van der Waals surface area contributed by atoms with Gasteiger partial charge in [-0.25, -0.2) is 0 Å². The highest BCUT2D eigenvalue weighted by Crippen LogP contribution is 2.37. The maximum absolute atomic E-state index is 13.3. The summed E-state index contributed by atoms with van der Waals surface area (Å²) in [6, 6.07) is 14.8. The highest BCUT2D eigenvalue weighted by Gasteiger charge is 2.34. The Hall–Kier alpha value is -3.37. The number of amides is 2. The first kappa shape index (κ1) is 27.2. The third kappa shape index (κ3) is 6.64. The lowest BCUT2D eigenvalue weighted by Gasteiger charge is -2.17. The molecule has 0 saturated heterocycles. The molecule has 11 heteroatoms. The van der Waals surface area contributed by atoms with Crippen molar-refractivity contribution in [2.75, 3.05) is 24.9 Å². The summed E-state index contributed by atoms with van der Waals surface area (Å²) in [7, 11) is 2.88. The van der Waals surface area contributed by atoms with Crippen molar-refractivity contribution < 1.29 is 32.2 Å². The van der Waals surface area contributed by atoms with E-state index in [2.05, 4.69) is 10.6 Å². The normalized spacial score (nSPS) is 12.0. The molecule has 0 bridgehead atoms. The van der Waals surface area contributed by atoms with Crippen molar-refractivity contribution in [2.24, 2.45) is 0 Å². The Labute approximate surface area is 215 Å². The Balaban J connectivity index is 1.73. The molecule has 0 aliphatic carbocycles. The van der Waals surface area contributed by atoms with Crippen molar-refractivity contribution in [1.29, 1.82) is 0 Å². The lowest BCUT2D eigenvalue weighted by molar-refractivity contribution is -0.137. The average molecular weight is 539 g/mol. The number of anilines is 2. The van der Waals surface area contributed by atoms with Gasteiger partial charge in [0.05, 0.1) is 30.7 Å². The fraction of sp³-hybridized carbons (Fsp3) is 0.200. The van der Waals surface area contributed by atoms with Crippen LogP contribution in [0.15, 0.2) is 65.6 Å². The Morgan fingerprint density at radius 3 is 2.19 bits per heavy atom. The topological polar surface area (TPSA) is 76.7 Å². The molecule has 36 heavy (non-hydrogen) atoms. The predicted octanol–water partition coefficient (Wildman–Crippen LogP) is 6.75. The Morgan fingerprint density at radius 1 is 0.944 bits per heavy atom. The van der Waals surface area contributed by atoms with Crippen LogP contribution in [0.4, 0.5) is 24.5 Å². The number of methoxy groups -OCH3 is 2. The van der Waals surface area contributed by atoms with Gasteiger partial charge in [0.1, 0.15) is 17.1 Å². The molecule has 0 aliphatic heterocycles.